The van der Waals surface area contributed by atoms with Crippen molar-refractivity contribution in [3.8, 4) is 0 Å². The van der Waals surface area contributed by atoms with Crippen molar-refractivity contribution in [2.75, 3.05) is 7.11 Å². The van der Waals surface area contributed by atoms with E-state index in [9.17, 15) is 14.4 Å². The minimum atomic E-state index is -1.18. The standard InChI is InChI=1S/C13H19NO6/c1-6-7-8-9(10(15)18-5)19-11(16)14(8)12(17)20-13(2,3)4/h6-9H,1-5H3/b7-6+/t8-,9-/m0/s1. The van der Waals surface area contributed by atoms with Crippen LogP contribution in [0.3, 0.4) is 0 Å². The number of allylic oxidation sites excluding steroid dienone is 1. The molecule has 2 atom stereocenters. The van der Waals surface area contributed by atoms with Gasteiger partial charge in [0.15, 0.2) is 0 Å². The number of imide groups is 1. The fourth-order valence-electron chi connectivity index (χ4n) is 1.69. The Morgan fingerprint density at radius 3 is 2.40 bits per heavy atom. The zero-order chi connectivity index (χ0) is 15.5. The third-order valence-electron chi connectivity index (χ3n) is 2.45. The summed E-state index contributed by atoms with van der Waals surface area (Å²) in [4.78, 5) is 36.2. The Kier molecular flexibility index (Phi) is 4.75. The summed E-state index contributed by atoms with van der Waals surface area (Å²) in [6, 6.07) is -0.880. The van der Waals surface area contributed by atoms with Crippen LogP contribution in [-0.4, -0.2) is 47.9 Å². The van der Waals surface area contributed by atoms with E-state index in [1.54, 1.807) is 33.8 Å². The molecule has 1 fully saturated rings. The number of nitrogens with zero attached hydrogens (tertiary/aromatic N) is 1. The average Bonchev–Trinajstić information content (AvgIpc) is 2.63. The van der Waals surface area contributed by atoms with E-state index in [1.165, 1.54) is 13.2 Å². The van der Waals surface area contributed by atoms with Gasteiger partial charge in [-0.05, 0) is 27.7 Å². The van der Waals surface area contributed by atoms with Crippen molar-refractivity contribution in [2.24, 2.45) is 0 Å². The lowest BCUT2D eigenvalue weighted by molar-refractivity contribution is -0.149. The summed E-state index contributed by atoms with van der Waals surface area (Å²) in [6.07, 6.45) is 0.141. The topological polar surface area (TPSA) is 82.1 Å². The number of hydrogen-bond acceptors (Lipinski definition) is 6. The first-order valence-electron chi connectivity index (χ1n) is 6.14. The van der Waals surface area contributed by atoms with Crippen LogP contribution in [0.15, 0.2) is 12.2 Å². The van der Waals surface area contributed by atoms with Crippen LogP contribution < -0.4 is 0 Å². The molecule has 20 heavy (non-hydrogen) atoms. The van der Waals surface area contributed by atoms with Gasteiger partial charge < -0.3 is 14.2 Å². The minimum absolute atomic E-state index is 0.729. The van der Waals surface area contributed by atoms with Gasteiger partial charge in [-0.1, -0.05) is 12.2 Å². The molecule has 0 aromatic rings. The van der Waals surface area contributed by atoms with E-state index in [-0.39, 0.29) is 0 Å². The molecule has 0 aliphatic carbocycles. The molecular formula is C13H19NO6. The molecule has 1 aliphatic heterocycles. The molecule has 1 heterocycles. The quantitative estimate of drug-likeness (QED) is 0.437. The van der Waals surface area contributed by atoms with E-state index in [0.717, 1.165) is 4.90 Å². The molecule has 1 rings (SSSR count). The van der Waals surface area contributed by atoms with E-state index < -0.39 is 35.9 Å². The van der Waals surface area contributed by atoms with E-state index in [0.29, 0.717) is 0 Å². The van der Waals surface area contributed by atoms with E-state index >= 15 is 0 Å². The summed E-state index contributed by atoms with van der Waals surface area (Å²) < 4.78 is 14.6. The second-order valence-corrected chi connectivity index (χ2v) is 5.19. The molecule has 0 N–H and O–H groups in total. The number of amides is 2. The Labute approximate surface area is 117 Å². The van der Waals surface area contributed by atoms with Crippen LogP contribution in [0, 0.1) is 0 Å². The highest BCUT2D eigenvalue weighted by Crippen LogP contribution is 2.24. The van der Waals surface area contributed by atoms with Gasteiger partial charge in [0, 0.05) is 0 Å². The molecule has 0 bridgehead atoms. The average molecular weight is 285 g/mol. The number of carbonyl (C=O) groups is 3. The predicted molar refractivity (Wildman–Crippen MR) is 69.0 cm³/mol. The van der Waals surface area contributed by atoms with Gasteiger partial charge >= 0.3 is 18.2 Å². The Bertz CT molecular complexity index is 437. The number of rotatable bonds is 2. The van der Waals surface area contributed by atoms with Crippen LogP contribution >= 0.6 is 0 Å². The summed E-state index contributed by atoms with van der Waals surface area (Å²) in [5, 5.41) is 0. The molecule has 7 heteroatoms. The molecule has 0 radical (unpaired) electrons. The summed E-state index contributed by atoms with van der Waals surface area (Å²) in [5.41, 5.74) is -0.763. The van der Waals surface area contributed by atoms with Crippen LogP contribution in [0.5, 0.6) is 0 Å². The number of esters is 1. The number of carbonyl (C=O) groups excluding carboxylic acids is 3. The van der Waals surface area contributed by atoms with Crippen molar-refractivity contribution in [1.29, 1.82) is 0 Å². The fraction of sp³-hybridized carbons (Fsp3) is 0.615. The maximum atomic E-state index is 12.0. The second-order valence-electron chi connectivity index (χ2n) is 5.19. The number of methoxy groups -OCH3 is 1. The largest absolute Gasteiger partial charge is 0.466 e. The lowest BCUT2D eigenvalue weighted by Gasteiger charge is -2.24. The van der Waals surface area contributed by atoms with Crippen LogP contribution in [0.4, 0.5) is 9.59 Å². The lowest BCUT2D eigenvalue weighted by atomic mass is 10.1. The summed E-state index contributed by atoms with van der Waals surface area (Å²) in [6.45, 7) is 6.72. The van der Waals surface area contributed by atoms with Crippen molar-refractivity contribution in [1.82, 2.24) is 4.90 Å². The number of cyclic esters (lactones) is 1. The summed E-state index contributed by atoms with van der Waals surface area (Å²) in [5.74, 6) is -0.729. The first kappa shape index (κ1) is 16.0. The van der Waals surface area contributed by atoms with Crippen molar-refractivity contribution in [3.63, 3.8) is 0 Å². The van der Waals surface area contributed by atoms with Crippen molar-refractivity contribution in [3.05, 3.63) is 12.2 Å². The molecule has 0 saturated carbocycles. The summed E-state index contributed by atoms with van der Waals surface area (Å²) in [7, 11) is 1.18. The smallest absolute Gasteiger partial charge is 0.420 e. The second kappa shape index (κ2) is 5.94. The molecule has 112 valence electrons. The minimum Gasteiger partial charge on any atom is -0.466 e. The van der Waals surface area contributed by atoms with Gasteiger partial charge in [-0.25, -0.2) is 19.3 Å². The van der Waals surface area contributed by atoms with Crippen molar-refractivity contribution in [2.45, 2.75) is 45.4 Å². The maximum absolute atomic E-state index is 12.0. The molecule has 1 aliphatic rings. The maximum Gasteiger partial charge on any atom is 0.420 e. The normalized spacial score (nSPS) is 22.9. The number of ether oxygens (including phenoxy) is 3. The van der Waals surface area contributed by atoms with Gasteiger partial charge in [0.1, 0.15) is 11.6 Å². The Morgan fingerprint density at radius 2 is 1.95 bits per heavy atom. The third-order valence-corrected chi connectivity index (χ3v) is 2.45. The molecule has 0 aromatic carbocycles. The molecule has 0 aromatic heterocycles. The van der Waals surface area contributed by atoms with Gasteiger partial charge in [0.25, 0.3) is 0 Å². The van der Waals surface area contributed by atoms with Crippen LogP contribution in [-0.2, 0) is 19.0 Å². The van der Waals surface area contributed by atoms with Crippen LogP contribution in [0.1, 0.15) is 27.7 Å². The van der Waals surface area contributed by atoms with E-state index in [1.807, 2.05) is 0 Å². The monoisotopic (exact) mass is 285 g/mol. The predicted octanol–water partition coefficient (Wildman–Crippen LogP) is 1.86. The van der Waals surface area contributed by atoms with Gasteiger partial charge in [-0.15, -0.1) is 0 Å². The molecule has 2 amide bonds. The zero-order valence-electron chi connectivity index (χ0n) is 12.2. The van der Waals surface area contributed by atoms with Gasteiger partial charge in [-0.2, -0.15) is 0 Å². The van der Waals surface area contributed by atoms with E-state index in [4.69, 9.17) is 9.47 Å². The lowest BCUT2D eigenvalue weighted by Crippen LogP contribution is -2.44. The van der Waals surface area contributed by atoms with Gasteiger partial charge in [0.2, 0.25) is 6.10 Å². The number of hydrogen-bond donors (Lipinski definition) is 0. The van der Waals surface area contributed by atoms with Crippen LogP contribution in [0.2, 0.25) is 0 Å². The molecule has 0 unspecified atom stereocenters. The highest BCUT2D eigenvalue weighted by Gasteiger charge is 2.49. The fourth-order valence-corrected chi connectivity index (χ4v) is 1.69. The summed E-state index contributed by atoms with van der Waals surface area (Å²) >= 11 is 0. The zero-order valence-corrected chi connectivity index (χ0v) is 12.2. The highest BCUT2D eigenvalue weighted by atomic mass is 16.6. The molecule has 1 saturated heterocycles. The Morgan fingerprint density at radius 1 is 1.35 bits per heavy atom. The van der Waals surface area contributed by atoms with E-state index in [2.05, 4.69) is 4.74 Å². The van der Waals surface area contributed by atoms with Gasteiger partial charge in [0.05, 0.1) is 7.11 Å². The first-order valence-corrected chi connectivity index (χ1v) is 6.14. The Balaban J connectivity index is 3.01. The molecule has 0 spiro atoms. The van der Waals surface area contributed by atoms with Gasteiger partial charge in [-0.3, -0.25) is 0 Å². The van der Waals surface area contributed by atoms with Crippen molar-refractivity contribution < 1.29 is 28.6 Å². The third kappa shape index (κ3) is 3.49. The SMILES string of the molecule is C/C=C/[C@H]1[C@@H](C(=O)OC)OC(=O)N1C(=O)OC(C)(C)C. The Hall–Kier alpha value is -2.05. The molecule has 7 nitrogen and oxygen atoms in total. The van der Waals surface area contributed by atoms with Crippen molar-refractivity contribution >= 4 is 18.2 Å². The molecular weight excluding hydrogens is 266 g/mol. The first-order chi connectivity index (χ1) is 9.21. The highest BCUT2D eigenvalue weighted by molar-refractivity contribution is 5.94. The van der Waals surface area contributed by atoms with Crippen LogP contribution in [0.25, 0.3) is 0 Å².